The third-order valence-electron chi connectivity index (χ3n) is 7.73. The van der Waals surface area contributed by atoms with Gasteiger partial charge in [-0.05, 0) is 62.6 Å². The van der Waals surface area contributed by atoms with E-state index in [1.54, 1.807) is 15.5 Å². The Morgan fingerprint density at radius 2 is 1.88 bits per heavy atom. The minimum atomic E-state index is -0.641. The number of benzene rings is 1. The smallest absolute Gasteiger partial charge is 0.296 e. The molecule has 34 heavy (non-hydrogen) atoms. The predicted molar refractivity (Wildman–Crippen MR) is 123 cm³/mol. The number of halogens is 2. The molecule has 2 amide bonds. The summed E-state index contributed by atoms with van der Waals surface area (Å²) < 4.78 is 20.8. The third-order valence-corrected chi connectivity index (χ3v) is 8.02. The summed E-state index contributed by atoms with van der Waals surface area (Å²) >= 11 is 5.92. The number of amides is 2. The van der Waals surface area contributed by atoms with Crippen molar-refractivity contribution >= 4 is 23.4 Å². The first-order valence-electron chi connectivity index (χ1n) is 11.8. The van der Waals surface area contributed by atoms with Crippen LogP contribution in [0.5, 0.6) is 5.75 Å². The zero-order chi connectivity index (χ0) is 23.8. The highest BCUT2D eigenvalue weighted by atomic mass is 35.5. The summed E-state index contributed by atoms with van der Waals surface area (Å²) in [5, 5.41) is -0.0105. The molecule has 4 aliphatic rings. The maximum Gasteiger partial charge on any atom is 0.296 e. The summed E-state index contributed by atoms with van der Waals surface area (Å²) in [5.74, 6) is -1.02. The zero-order valence-electron chi connectivity index (χ0n) is 18.9. The molecular weight excluding hydrogens is 461 g/mol. The molecule has 0 saturated heterocycles. The van der Waals surface area contributed by atoms with E-state index in [1.165, 1.54) is 19.2 Å². The van der Waals surface area contributed by atoms with Gasteiger partial charge >= 0.3 is 0 Å². The molecule has 0 N–H and O–H groups in total. The average Bonchev–Trinajstić information content (AvgIpc) is 3.47. The summed E-state index contributed by atoms with van der Waals surface area (Å²) in [6.07, 6.45) is 5.72. The number of ether oxygens (including phenoxy) is 1. The standard InChI is InChI=1S/C25H25ClFN3O4/c1-34-21-19-16(8-11-28(22(19)31)13-14-4-7-18(27)17(26)12-14)20-23(32)29(15-5-6-15)25(9-2-3-10-25)30(20)24(21)33/h4,7,12,15H,2-3,5-6,8-11,13H2,1H3. The molecule has 0 radical (unpaired) electrons. The van der Waals surface area contributed by atoms with E-state index >= 15 is 0 Å². The van der Waals surface area contributed by atoms with Crippen LogP contribution >= 0.6 is 11.6 Å². The molecule has 3 heterocycles. The van der Waals surface area contributed by atoms with Gasteiger partial charge in [0.05, 0.1) is 17.7 Å². The van der Waals surface area contributed by atoms with Crippen molar-refractivity contribution in [3.63, 3.8) is 0 Å². The fourth-order valence-corrected chi connectivity index (χ4v) is 6.36. The Labute approximate surface area is 201 Å². The number of hydrogen-bond donors (Lipinski definition) is 0. The van der Waals surface area contributed by atoms with Crippen molar-refractivity contribution in [1.82, 2.24) is 14.4 Å². The van der Waals surface area contributed by atoms with Crippen LogP contribution in [-0.4, -0.2) is 45.9 Å². The van der Waals surface area contributed by atoms with Gasteiger partial charge in [0.1, 0.15) is 17.2 Å². The first kappa shape index (κ1) is 21.6. The van der Waals surface area contributed by atoms with Crippen molar-refractivity contribution in [3.05, 3.63) is 61.8 Å². The van der Waals surface area contributed by atoms with Gasteiger partial charge in [0, 0.05) is 24.7 Å². The van der Waals surface area contributed by atoms with E-state index in [2.05, 4.69) is 0 Å². The number of fused-ring (bicyclic) bond motifs is 4. The Hall–Kier alpha value is -2.87. The van der Waals surface area contributed by atoms with E-state index in [9.17, 15) is 18.8 Å². The van der Waals surface area contributed by atoms with Gasteiger partial charge in [-0.1, -0.05) is 17.7 Å². The molecule has 2 aliphatic carbocycles. The summed E-state index contributed by atoms with van der Waals surface area (Å²) in [6.45, 7) is 0.588. The van der Waals surface area contributed by atoms with Gasteiger partial charge < -0.3 is 14.5 Å². The predicted octanol–water partition coefficient (Wildman–Crippen LogP) is 3.69. The van der Waals surface area contributed by atoms with Crippen LogP contribution < -0.4 is 10.3 Å². The van der Waals surface area contributed by atoms with Crippen LogP contribution in [0.25, 0.3) is 0 Å². The van der Waals surface area contributed by atoms with Gasteiger partial charge in [0.2, 0.25) is 0 Å². The molecule has 2 aromatic rings. The fourth-order valence-electron chi connectivity index (χ4n) is 6.15. The van der Waals surface area contributed by atoms with Crippen molar-refractivity contribution in [2.24, 2.45) is 0 Å². The van der Waals surface area contributed by atoms with Crippen LogP contribution in [0.3, 0.4) is 0 Å². The Balaban J connectivity index is 1.47. The van der Waals surface area contributed by atoms with E-state index in [1.807, 2.05) is 4.90 Å². The number of carbonyl (C=O) groups is 2. The van der Waals surface area contributed by atoms with Crippen LogP contribution in [0.2, 0.25) is 5.02 Å². The molecule has 2 fully saturated rings. The van der Waals surface area contributed by atoms with E-state index in [-0.39, 0.29) is 40.7 Å². The second-order valence-corrected chi connectivity index (χ2v) is 10.1. The lowest BCUT2D eigenvalue weighted by molar-refractivity contribution is 0.0338. The number of carbonyl (C=O) groups excluding carboxylic acids is 2. The molecule has 178 valence electrons. The largest absolute Gasteiger partial charge is 0.490 e. The van der Waals surface area contributed by atoms with Crippen molar-refractivity contribution in [1.29, 1.82) is 0 Å². The second-order valence-electron chi connectivity index (χ2n) is 9.70. The average molecular weight is 486 g/mol. The van der Waals surface area contributed by atoms with Gasteiger partial charge in [-0.3, -0.25) is 19.0 Å². The zero-order valence-corrected chi connectivity index (χ0v) is 19.7. The molecule has 2 saturated carbocycles. The van der Waals surface area contributed by atoms with Gasteiger partial charge in [-0.15, -0.1) is 0 Å². The Morgan fingerprint density at radius 3 is 2.53 bits per heavy atom. The highest BCUT2D eigenvalue weighted by Crippen LogP contribution is 2.51. The van der Waals surface area contributed by atoms with Crippen LogP contribution in [0, 0.1) is 5.82 Å². The molecule has 6 rings (SSSR count). The number of pyridine rings is 1. The van der Waals surface area contributed by atoms with Gasteiger partial charge in [0.15, 0.2) is 5.75 Å². The van der Waals surface area contributed by atoms with E-state index in [4.69, 9.17) is 16.3 Å². The molecule has 7 nitrogen and oxygen atoms in total. The van der Waals surface area contributed by atoms with Gasteiger partial charge in [0.25, 0.3) is 17.4 Å². The SMILES string of the molecule is COc1c2c(c3n(c1=O)C1(CCCC1)N(C1CC1)C3=O)CCN(Cc1ccc(F)c(Cl)c1)C2=O. The van der Waals surface area contributed by atoms with E-state index in [0.717, 1.165) is 38.5 Å². The Morgan fingerprint density at radius 1 is 1.15 bits per heavy atom. The van der Waals surface area contributed by atoms with Crippen molar-refractivity contribution in [3.8, 4) is 5.75 Å². The lowest BCUT2D eigenvalue weighted by Gasteiger charge is -2.37. The number of methoxy groups -OCH3 is 1. The summed E-state index contributed by atoms with van der Waals surface area (Å²) in [7, 11) is 1.40. The molecular formula is C25H25ClFN3O4. The molecule has 2 aliphatic heterocycles. The molecule has 1 aromatic heterocycles. The van der Waals surface area contributed by atoms with Crippen LogP contribution in [0.15, 0.2) is 23.0 Å². The summed E-state index contributed by atoms with van der Waals surface area (Å²) in [6, 6.07) is 4.51. The van der Waals surface area contributed by atoms with Crippen molar-refractivity contribution in [2.75, 3.05) is 13.7 Å². The van der Waals surface area contributed by atoms with Crippen molar-refractivity contribution in [2.45, 2.75) is 63.2 Å². The lowest BCUT2D eigenvalue weighted by Crippen LogP contribution is -2.49. The Bertz CT molecular complexity index is 1300. The molecule has 0 atom stereocenters. The highest BCUT2D eigenvalue weighted by molar-refractivity contribution is 6.30. The minimum Gasteiger partial charge on any atom is -0.490 e. The Kier molecular flexibility index (Phi) is 4.82. The van der Waals surface area contributed by atoms with Gasteiger partial charge in [-0.2, -0.15) is 0 Å². The number of nitrogens with zero attached hydrogens (tertiary/aromatic N) is 3. The normalized spacial score (nSPS) is 20.8. The number of hydrogen-bond acceptors (Lipinski definition) is 4. The van der Waals surface area contributed by atoms with Gasteiger partial charge in [-0.25, -0.2) is 4.39 Å². The number of aromatic nitrogens is 1. The maximum atomic E-state index is 13.8. The van der Waals surface area contributed by atoms with Crippen LogP contribution in [0.1, 0.15) is 70.5 Å². The highest BCUT2D eigenvalue weighted by Gasteiger charge is 2.58. The fraction of sp³-hybridized carbons (Fsp3) is 0.480. The monoisotopic (exact) mass is 485 g/mol. The lowest BCUT2D eigenvalue weighted by atomic mass is 9.95. The van der Waals surface area contributed by atoms with Crippen molar-refractivity contribution < 1.29 is 18.7 Å². The first-order valence-corrected chi connectivity index (χ1v) is 12.2. The summed E-state index contributed by atoms with van der Waals surface area (Å²) in [5.41, 5.74) is 0.785. The molecule has 0 bridgehead atoms. The molecule has 0 unspecified atom stereocenters. The van der Waals surface area contributed by atoms with Crippen LogP contribution in [0.4, 0.5) is 4.39 Å². The topological polar surface area (TPSA) is 71.8 Å². The van der Waals surface area contributed by atoms with E-state index < -0.39 is 17.0 Å². The first-order chi connectivity index (χ1) is 16.4. The summed E-state index contributed by atoms with van der Waals surface area (Å²) in [4.78, 5) is 44.7. The minimum absolute atomic E-state index is 0.00214. The molecule has 9 heteroatoms. The molecule has 1 spiro atoms. The van der Waals surface area contributed by atoms with E-state index in [0.29, 0.717) is 29.8 Å². The quantitative estimate of drug-likeness (QED) is 0.662. The third kappa shape index (κ3) is 2.90. The molecule has 1 aromatic carbocycles. The maximum absolute atomic E-state index is 13.8. The van der Waals surface area contributed by atoms with Crippen LogP contribution in [-0.2, 0) is 18.6 Å². The second kappa shape index (κ2) is 7.57. The number of rotatable bonds is 4.